The maximum absolute atomic E-state index is 9.66. The second-order valence-electron chi connectivity index (χ2n) is 7.52. The zero-order valence-electron chi connectivity index (χ0n) is 15.3. The number of nitrogens with zero attached hydrogens (tertiary/aromatic N) is 1. The van der Waals surface area contributed by atoms with Gasteiger partial charge in [-0.05, 0) is 43.0 Å². The Morgan fingerprint density at radius 3 is 2.38 bits per heavy atom. The molecular formula is C22H27N3O. The van der Waals surface area contributed by atoms with Crippen LogP contribution >= 0.6 is 0 Å². The summed E-state index contributed by atoms with van der Waals surface area (Å²) in [6.07, 6.45) is 5.58. The van der Waals surface area contributed by atoms with Crippen LogP contribution in [0.3, 0.4) is 0 Å². The van der Waals surface area contributed by atoms with E-state index < -0.39 is 6.10 Å². The number of amidine groups is 1. The predicted octanol–water partition coefficient (Wildman–Crippen LogP) is 4.88. The lowest BCUT2D eigenvalue weighted by Gasteiger charge is -2.44. The average molecular weight is 349 g/mol. The molecule has 2 aromatic rings. The topological polar surface area (TPSA) is 56.7 Å². The molecule has 1 fully saturated rings. The number of nitrogens with one attached hydrogen (secondary N) is 2. The fraction of sp³-hybridized carbons (Fsp3) is 0.409. The van der Waals surface area contributed by atoms with E-state index in [1.807, 2.05) is 12.1 Å². The number of para-hydroxylation sites is 2. The lowest BCUT2D eigenvalue weighted by molar-refractivity contribution is 0.199. The Hall–Kier alpha value is -2.33. The van der Waals surface area contributed by atoms with Gasteiger partial charge < -0.3 is 15.7 Å². The third-order valence-electron chi connectivity index (χ3n) is 5.60. The summed E-state index contributed by atoms with van der Waals surface area (Å²) in [6.45, 7) is 2.44. The normalized spacial score (nSPS) is 20.9. The molecule has 1 atom stereocenters. The number of fused-ring (bicyclic) bond motifs is 1. The van der Waals surface area contributed by atoms with E-state index in [9.17, 15) is 5.11 Å². The molecule has 2 aromatic carbocycles. The van der Waals surface area contributed by atoms with Gasteiger partial charge in [0.25, 0.3) is 0 Å². The van der Waals surface area contributed by atoms with Gasteiger partial charge in [-0.3, -0.25) is 4.99 Å². The number of aliphatic hydroxyl groups excluding tert-OH is 1. The highest BCUT2D eigenvalue weighted by molar-refractivity contribution is 6.09. The lowest BCUT2D eigenvalue weighted by atomic mass is 9.79. The van der Waals surface area contributed by atoms with Crippen molar-refractivity contribution < 1.29 is 5.11 Å². The number of rotatable bonds is 3. The van der Waals surface area contributed by atoms with E-state index >= 15 is 0 Å². The van der Waals surface area contributed by atoms with Crippen molar-refractivity contribution in [1.29, 1.82) is 0 Å². The molecule has 0 aromatic heterocycles. The maximum Gasteiger partial charge on any atom is 0.127 e. The van der Waals surface area contributed by atoms with Crippen molar-refractivity contribution in [1.82, 2.24) is 0 Å². The van der Waals surface area contributed by atoms with E-state index in [0.29, 0.717) is 6.54 Å². The first-order valence-corrected chi connectivity index (χ1v) is 9.62. The van der Waals surface area contributed by atoms with Crippen LogP contribution in [0.25, 0.3) is 0 Å². The highest BCUT2D eigenvalue weighted by Gasteiger charge is 2.40. The summed E-state index contributed by atoms with van der Waals surface area (Å²) in [5, 5.41) is 17.1. The molecule has 0 radical (unpaired) electrons. The van der Waals surface area contributed by atoms with Crippen molar-refractivity contribution in [2.24, 2.45) is 4.99 Å². The van der Waals surface area contributed by atoms with Gasteiger partial charge in [-0.1, -0.05) is 55.7 Å². The van der Waals surface area contributed by atoms with E-state index in [4.69, 9.17) is 4.99 Å². The molecule has 4 nitrogen and oxygen atoms in total. The van der Waals surface area contributed by atoms with Gasteiger partial charge >= 0.3 is 0 Å². The third kappa shape index (κ3) is 3.34. The summed E-state index contributed by atoms with van der Waals surface area (Å²) in [5.74, 6) is 1.07. The molecule has 1 spiro atoms. The Morgan fingerprint density at radius 2 is 1.69 bits per heavy atom. The molecule has 0 amide bonds. The monoisotopic (exact) mass is 349 g/mol. The van der Waals surface area contributed by atoms with Crippen molar-refractivity contribution in [3.63, 3.8) is 0 Å². The standard InChI is InChI=1S/C22H27N3O/c1-16(26)18-11-9-17(10-12-18)15-23-21-22(13-5-2-6-14-22)25-20-8-4-3-7-19(20)24-21/h3-4,7-12,16,25-26H,2,5-6,13-15H2,1H3,(H,23,24). The fourth-order valence-corrected chi connectivity index (χ4v) is 4.05. The summed E-state index contributed by atoms with van der Waals surface area (Å²) in [4.78, 5) is 4.98. The Kier molecular flexibility index (Phi) is 4.68. The van der Waals surface area contributed by atoms with E-state index in [1.165, 1.54) is 24.9 Å². The van der Waals surface area contributed by atoms with Crippen molar-refractivity contribution in [3.8, 4) is 0 Å². The van der Waals surface area contributed by atoms with Crippen LogP contribution in [0, 0.1) is 0 Å². The first kappa shape index (κ1) is 17.1. The Labute approximate surface area is 155 Å². The van der Waals surface area contributed by atoms with Crippen LogP contribution in [0.5, 0.6) is 0 Å². The fourth-order valence-electron chi connectivity index (χ4n) is 4.05. The van der Waals surface area contributed by atoms with E-state index in [-0.39, 0.29) is 5.54 Å². The molecule has 1 saturated carbocycles. The summed E-state index contributed by atoms with van der Waals surface area (Å²) < 4.78 is 0. The molecule has 0 saturated heterocycles. The van der Waals surface area contributed by atoms with Crippen LogP contribution in [-0.4, -0.2) is 16.5 Å². The van der Waals surface area contributed by atoms with Gasteiger partial charge in [0.15, 0.2) is 0 Å². The minimum Gasteiger partial charge on any atom is -0.389 e. The van der Waals surface area contributed by atoms with Crippen molar-refractivity contribution in [2.75, 3.05) is 10.6 Å². The van der Waals surface area contributed by atoms with Gasteiger partial charge in [-0.15, -0.1) is 0 Å². The largest absolute Gasteiger partial charge is 0.389 e. The highest BCUT2D eigenvalue weighted by atomic mass is 16.3. The van der Waals surface area contributed by atoms with Crippen LogP contribution in [-0.2, 0) is 6.54 Å². The first-order valence-electron chi connectivity index (χ1n) is 9.62. The van der Waals surface area contributed by atoms with Gasteiger partial charge in [-0.2, -0.15) is 0 Å². The molecular weight excluding hydrogens is 322 g/mol. The van der Waals surface area contributed by atoms with Crippen LogP contribution in [0.2, 0.25) is 0 Å². The number of aliphatic hydroxyl groups is 1. The van der Waals surface area contributed by atoms with E-state index in [2.05, 4.69) is 47.0 Å². The molecule has 1 heterocycles. The van der Waals surface area contributed by atoms with Crippen LogP contribution in [0.4, 0.5) is 11.4 Å². The molecule has 1 aliphatic heterocycles. The summed E-state index contributed by atoms with van der Waals surface area (Å²) in [6, 6.07) is 16.5. The minimum atomic E-state index is -0.429. The summed E-state index contributed by atoms with van der Waals surface area (Å²) in [5.41, 5.74) is 4.32. The van der Waals surface area contributed by atoms with Crippen molar-refractivity contribution in [3.05, 3.63) is 59.7 Å². The molecule has 4 heteroatoms. The molecule has 1 aliphatic carbocycles. The lowest BCUT2D eigenvalue weighted by Crippen LogP contribution is -2.53. The maximum atomic E-state index is 9.66. The second-order valence-corrected chi connectivity index (χ2v) is 7.52. The summed E-state index contributed by atoms with van der Waals surface area (Å²) in [7, 11) is 0. The first-order chi connectivity index (χ1) is 12.7. The highest BCUT2D eigenvalue weighted by Crippen LogP contribution is 2.39. The Balaban J connectivity index is 1.60. The minimum absolute atomic E-state index is 0.0633. The average Bonchev–Trinajstić information content (AvgIpc) is 2.67. The number of aliphatic imine (C=N–C) groups is 1. The molecule has 4 rings (SSSR count). The van der Waals surface area contributed by atoms with Gasteiger partial charge in [-0.25, -0.2) is 0 Å². The third-order valence-corrected chi connectivity index (χ3v) is 5.60. The van der Waals surface area contributed by atoms with Gasteiger partial charge in [0.2, 0.25) is 0 Å². The number of hydrogen-bond acceptors (Lipinski definition) is 3. The number of benzene rings is 2. The van der Waals surface area contributed by atoms with Crippen LogP contribution in [0.1, 0.15) is 56.3 Å². The van der Waals surface area contributed by atoms with Crippen LogP contribution in [0.15, 0.2) is 53.5 Å². The molecule has 1 unspecified atom stereocenters. The Morgan fingerprint density at radius 1 is 1.00 bits per heavy atom. The second kappa shape index (κ2) is 7.12. The number of anilines is 2. The van der Waals surface area contributed by atoms with Crippen molar-refractivity contribution >= 4 is 17.2 Å². The molecule has 2 aliphatic rings. The van der Waals surface area contributed by atoms with E-state index in [1.54, 1.807) is 6.92 Å². The van der Waals surface area contributed by atoms with Gasteiger partial charge in [0, 0.05) is 0 Å². The zero-order chi connectivity index (χ0) is 18.0. The van der Waals surface area contributed by atoms with Gasteiger partial charge in [0.1, 0.15) is 5.84 Å². The predicted molar refractivity (Wildman–Crippen MR) is 108 cm³/mol. The van der Waals surface area contributed by atoms with Gasteiger partial charge in [0.05, 0.1) is 29.6 Å². The SMILES string of the molecule is CC(O)c1ccc(CN=C2Nc3ccccc3NC23CCCCC3)cc1. The molecule has 3 N–H and O–H groups in total. The van der Waals surface area contributed by atoms with Crippen LogP contribution < -0.4 is 10.6 Å². The quantitative estimate of drug-likeness (QED) is 0.740. The Bertz CT molecular complexity index is 789. The molecule has 0 bridgehead atoms. The number of hydrogen-bond donors (Lipinski definition) is 3. The smallest absolute Gasteiger partial charge is 0.127 e. The van der Waals surface area contributed by atoms with E-state index in [0.717, 1.165) is 35.5 Å². The van der Waals surface area contributed by atoms with Crippen molar-refractivity contribution in [2.45, 2.75) is 57.2 Å². The molecule has 136 valence electrons. The zero-order valence-corrected chi connectivity index (χ0v) is 15.3. The summed E-state index contributed by atoms with van der Waals surface area (Å²) >= 11 is 0. The molecule has 26 heavy (non-hydrogen) atoms.